The average molecular weight is 336 g/mol. The molecule has 1 heterocycles. The summed E-state index contributed by atoms with van der Waals surface area (Å²) >= 11 is 3.51. The summed E-state index contributed by atoms with van der Waals surface area (Å²) < 4.78 is 6.20. The van der Waals surface area contributed by atoms with Crippen LogP contribution in [0, 0.1) is 0 Å². The molecule has 0 bridgehead atoms. The van der Waals surface area contributed by atoms with Gasteiger partial charge in [0.2, 0.25) is 0 Å². The number of nitrogens with two attached hydrogens (primary N) is 1. The zero-order valence-electron chi connectivity index (χ0n) is 11.6. The molecule has 0 fully saturated rings. The normalized spacial score (nSPS) is 12.2. The Morgan fingerprint density at radius 2 is 2.20 bits per heavy atom. The molecule has 1 aromatic carbocycles. The van der Waals surface area contributed by atoms with Gasteiger partial charge in [-0.15, -0.1) is 0 Å². The van der Waals surface area contributed by atoms with Crippen LogP contribution in [0.2, 0.25) is 0 Å². The maximum atomic E-state index is 5.91. The van der Waals surface area contributed by atoms with E-state index < -0.39 is 0 Å². The third-order valence-electron chi connectivity index (χ3n) is 3.28. The van der Waals surface area contributed by atoms with Crippen LogP contribution in [-0.2, 0) is 6.42 Å². The SMILES string of the molecule is CNC(Cc1cccnc1N)c1ccc(OC)c(Br)c1. The molecule has 0 aliphatic heterocycles. The number of nitrogens with zero attached hydrogens (tertiary/aromatic N) is 1. The number of hydrogen-bond donors (Lipinski definition) is 2. The van der Waals surface area contributed by atoms with Crippen LogP contribution < -0.4 is 15.8 Å². The molecule has 5 heteroatoms. The fourth-order valence-electron chi connectivity index (χ4n) is 2.13. The molecular weight excluding hydrogens is 318 g/mol. The second kappa shape index (κ2) is 6.72. The molecule has 0 aliphatic rings. The lowest BCUT2D eigenvalue weighted by molar-refractivity contribution is 0.411. The Balaban J connectivity index is 2.24. The molecule has 3 N–H and O–H groups in total. The predicted molar refractivity (Wildman–Crippen MR) is 84.8 cm³/mol. The highest BCUT2D eigenvalue weighted by molar-refractivity contribution is 9.10. The first-order valence-electron chi connectivity index (χ1n) is 6.35. The van der Waals surface area contributed by atoms with E-state index in [9.17, 15) is 0 Å². The van der Waals surface area contributed by atoms with Gasteiger partial charge in [-0.25, -0.2) is 4.98 Å². The number of halogens is 1. The molecule has 1 unspecified atom stereocenters. The minimum Gasteiger partial charge on any atom is -0.496 e. The van der Waals surface area contributed by atoms with Crippen LogP contribution >= 0.6 is 15.9 Å². The topological polar surface area (TPSA) is 60.2 Å². The maximum absolute atomic E-state index is 5.91. The summed E-state index contributed by atoms with van der Waals surface area (Å²) in [6.07, 6.45) is 2.49. The lowest BCUT2D eigenvalue weighted by atomic mass is 9.99. The lowest BCUT2D eigenvalue weighted by Crippen LogP contribution is -2.19. The Morgan fingerprint density at radius 3 is 2.80 bits per heavy atom. The van der Waals surface area contributed by atoms with Gasteiger partial charge in [-0.3, -0.25) is 0 Å². The smallest absolute Gasteiger partial charge is 0.133 e. The number of rotatable bonds is 5. The summed E-state index contributed by atoms with van der Waals surface area (Å²) in [7, 11) is 3.60. The van der Waals surface area contributed by atoms with E-state index in [0.29, 0.717) is 5.82 Å². The van der Waals surface area contributed by atoms with Gasteiger partial charge in [0, 0.05) is 12.2 Å². The molecule has 1 aromatic heterocycles. The van der Waals surface area contributed by atoms with Crippen molar-refractivity contribution in [1.29, 1.82) is 0 Å². The molecule has 20 heavy (non-hydrogen) atoms. The Labute approximate surface area is 127 Å². The van der Waals surface area contributed by atoms with Gasteiger partial charge in [0.05, 0.1) is 11.6 Å². The number of anilines is 1. The molecule has 1 atom stereocenters. The largest absolute Gasteiger partial charge is 0.496 e. The number of ether oxygens (including phenoxy) is 1. The number of benzene rings is 1. The lowest BCUT2D eigenvalue weighted by Gasteiger charge is -2.18. The summed E-state index contributed by atoms with van der Waals surface area (Å²) in [5, 5.41) is 3.31. The molecule has 0 amide bonds. The molecule has 0 aliphatic carbocycles. The van der Waals surface area contributed by atoms with E-state index >= 15 is 0 Å². The number of methoxy groups -OCH3 is 1. The first-order chi connectivity index (χ1) is 9.65. The minimum atomic E-state index is 0.170. The van der Waals surface area contributed by atoms with E-state index in [1.54, 1.807) is 13.3 Å². The number of pyridine rings is 1. The molecule has 2 aromatic rings. The summed E-state index contributed by atoms with van der Waals surface area (Å²) in [6, 6.07) is 10.2. The van der Waals surface area contributed by atoms with Gasteiger partial charge < -0.3 is 15.8 Å². The molecule has 106 valence electrons. The van der Waals surface area contributed by atoms with Gasteiger partial charge in [0.25, 0.3) is 0 Å². The number of likely N-dealkylation sites (N-methyl/N-ethyl adjacent to an activating group) is 1. The maximum Gasteiger partial charge on any atom is 0.133 e. The summed E-state index contributed by atoms with van der Waals surface area (Å²) in [5.74, 6) is 1.41. The van der Waals surface area contributed by atoms with E-state index in [-0.39, 0.29) is 6.04 Å². The van der Waals surface area contributed by atoms with Crippen LogP contribution in [0.3, 0.4) is 0 Å². The minimum absolute atomic E-state index is 0.170. The molecule has 2 rings (SSSR count). The second-order valence-corrected chi connectivity index (χ2v) is 5.34. The number of nitrogens with one attached hydrogen (secondary N) is 1. The van der Waals surface area contributed by atoms with Crippen molar-refractivity contribution in [2.75, 3.05) is 19.9 Å². The number of aromatic nitrogens is 1. The van der Waals surface area contributed by atoms with Crippen LogP contribution in [0.15, 0.2) is 41.0 Å². The van der Waals surface area contributed by atoms with Gasteiger partial charge in [-0.1, -0.05) is 12.1 Å². The van der Waals surface area contributed by atoms with Crippen LogP contribution in [0.1, 0.15) is 17.2 Å². The number of hydrogen-bond acceptors (Lipinski definition) is 4. The molecular formula is C15H18BrN3O. The Morgan fingerprint density at radius 1 is 1.40 bits per heavy atom. The van der Waals surface area contributed by atoms with Crippen LogP contribution in [0.25, 0.3) is 0 Å². The predicted octanol–water partition coefficient (Wildman–Crippen LogP) is 2.94. The highest BCUT2D eigenvalue weighted by atomic mass is 79.9. The Kier molecular flexibility index (Phi) is 4.98. The second-order valence-electron chi connectivity index (χ2n) is 4.49. The quantitative estimate of drug-likeness (QED) is 0.881. The van der Waals surface area contributed by atoms with Crippen molar-refractivity contribution in [3.05, 3.63) is 52.1 Å². The van der Waals surface area contributed by atoms with E-state index in [4.69, 9.17) is 10.5 Å². The van der Waals surface area contributed by atoms with Gasteiger partial charge in [0.1, 0.15) is 11.6 Å². The van der Waals surface area contributed by atoms with Crippen LogP contribution in [0.4, 0.5) is 5.82 Å². The third kappa shape index (κ3) is 3.29. The van der Waals surface area contributed by atoms with E-state index in [1.165, 1.54) is 5.56 Å². The number of nitrogen functional groups attached to an aromatic ring is 1. The van der Waals surface area contributed by atoms with Gasteiger partial charge in [-0.2, -0.15) is 0 Å². The molecule has 4 nitrogen and oxygen atoms in total. The zero-order chi connectivity index (χ0) is 14.5. The average Bonchev–Trinajstić information content (AvgIpc) is 2.46. The van der Waals surface area contributed by atoms with Crippen molar-refractivity contribution in [3.63, 3.8) is 0 Å². The molecule has 0 radical (unpaired) electrons. The van der Waals surface area contributed by atoms with Crippen molar-refractivity contribution in [2.45, 2.75) is 12.5 Å². The van der Waals surface area contributed by atoms with Gasteiger partial charge >= 0.3 is 0 Å². The third-order valence-corrected chi connectivity index (χ3v) is 3.90. The van der Waals surface area contributed by atoms with Crippen molar-refractivity contribution in [3.8, 4) is 5.75 Å². The first kappa shape index (κ1) is 14.8. The van der Waals surface area contributed by atoms with Crippen molar-refractivity contribution in [2.24, 2.45) is 0 Å². The zero-order valence-corrected chi connectivity index (χ0v) is 13.1. The van der Waals surface area contributed by atoms with Gasteiger partial charge in [-0.05, 0) is 58.7 Å². The fraction of sp³-hybridized carbons (Fsp3) is 0.267. The molecule has 0 saturated carbocycles. The van der Waals surface area contributed by atoms with Crippen molar-refractivity contribution in [1.82, 2.24) is 10.3 Å². The first-order valence-corrected chi connectivity index (χ1v) is 7.15. The summed E-state index contributed by atoms with van der Waals surface area (Å²) in [4.78, 5) is 4.13. The molecule has 0 spiro atoms. The van der Waals surface area contributed by atoms with E-state index in [2.05, 4.69) is 38.4 Å². The van der Waals surface area contributed by atoms with E-state index in [1.807, 2.05) is 25.2 Å². The summed E-state index contributed by atoms with van der Waals surface area (Å²) in [6.45, 7) is 0. The van der Waals surface area contributed by atoms with Crippen LogP contribution in [-0.4, -0.2) is 19.1 Å². The van der Waals surface area contributed by atoms with Crippen molar-refractivity contribution >= 4 is 21.7 Å². The van der Waals surface area contributed by atoms with Crippen LogP contribution in [0.5, 0.6) is 5.75 Å². The Hall–Kier alpha value is -1.59. The summed E-state index contributed by atoms with van der Waals surface area (Å²) in [5.41, 5.74) is 8.12. The molecule has 0 saturated heterocycles. The fourth-order valence-corrected chi connectivity index (χ4v) is 2.69. The monoisotopic (exact) mass is 335 g/mol. The highest BCUT2D eigenvalue weighted by Crippen LogP contribution is 2.29. The standard InChI is InChI=1S/C15H18BrN3O/c1-18-13(9-11-4-3-7-19-15(11)17)10-5-6-14(20-2)12(16)8-10/h3-8,13,18H,9H2,1-2H3,(H2,17,19). The van der Waals surface area contributed by atoms with Gasteiger partial charge in [0.15, 0.2) is 0 Å². The Bertz CT molecular complexity index is 589. The van der Waals surface area contributed by atoms with E-state index in [0.717, 1.165) is 22.2 Å². The van der Waals surface area contributed by atoms with Crippen molar-refractivity contribution < 1.29 is 4.74 Å². The highest BCUT2D eigenvalue weighted by Gasteiger charge is 2.13.